The van der Waals surface area contributed by atoms with Gasteiger partial charge in [0.1, 0.15) is 0 Å². The average molecular weight is 352 g/mol. The molecule has 1 nitrogen and oxygen atoms in total. The van der Waals surface area contributed by atoms with Gasteiger partial charge in [0, 0.05) is 11.5 Å². The zero-order valence-corrected chi connectivity index (χ0v) is 16.9. The molecule has 0 amide bonds. The van der Waals surface area contributed by atoms with Gasteiger partial charge in [0.05, 0.1) is 0 Å². The summed E-state index contributed by atoms with van der Waals surface area (Å²) in [4.78, 5) is 2.86. The lowest BCUT2D eigenvalue weighted by atomic mass is 9.49. The van der Waals surface area contributed by atoms with Crippen LogP contribution in [-0.2, 0) is 5.41 Å². The van der Waals surface area contributed by atoms with Crippen molar-refractivity contribution >= 4 is 0 Å². The Hall–Kier alpha value is -0.820. The molecule has 1 heterocycles. The molecule has 4 bridgehead atoms. The molecule has 6 rings (SSSR count). The number of benzene rings is 1. The van der Waals surface area contributed by atoms with Gasteiger partial charge in [0.2, 0.25) is 0 Å². The van der Waals surface area contributed by atoms with Gasteiger partial charge >= 0.3 is 0 Å². The Labute approximate surface area is 160 Å². The minimum atomic E-state index is 0.320. The Morgan fingerprint density at radius 1 is 0.962 bits per heavy atom. The number of piperidine rings is 1. The maximum atomic E-state index is 2.86. The fraction of sp³-hybridized carbons (Fsp3) is 0.760. The molecule has 0 spiro atoms. The number of likely N-dealkylation sites (tertiary alicyclic amines) is 1. The molecule has 1 saturated heterocycles. The second kappa shape index (κ2) is 6.36. The first-order valence-electron chi connectivity index (χ1n) is 11.4. The highest BCUT2D eigenvalue weighted by atomic mass is 15.2. The Morgan fingerprint density at radius 3 is 2.19 bits per heavy atom. The van der Waals surface area contributed by atoms with Crippen LogP contribution in [0.25, 0.3) is 0 Å². The fourth-order valence-corrected chi connectivity index (χ4v) is 7.94. The second-order valence-electron chi connectivity index (χ2n) is 10.8. The molecular weight excluding hydrogens is 314 g/mol. The van der Waals surface area contributed by atoms with E-state index in [4.69, 9.17) is 0 Å². The van der Waals surface area contributed by atoms with E-state index in [0.29, 0.717) is 11.5 Å². The molecule has 1 aromatic carbocycles. The van der Waals surface area contributed by atoms with E-state index >= 15 is 0 Å². The molecule has 4 saturated carbocycles. The summed E-state index contributed by atoms with van der Waals surface area (Å²) in [5.74, 6) is 3.28. The van der Waals surface area contributed by atoms with E-state index in [9.17, 15) is 0 Å². The summed E-state index contributed by atoms with van der Waals surface area (Å²) in [5.41, 5.74) is 2.60. The average Bonchev–Trinajstić information content (AvgIpc) is 2.63. The van der Waals surface area contributed by atoms with Crippen molar-refractivity contribution in [2.24, 2.45) is 23.2 Å². The highest BCUT2D eigenvalue weighted by molar-refractivity contribution is 5.27. The van der Waals surface area contributed by atoms with Gasteiger partial charge in [-0.25, -0.2) is 0 Å². The van der Waals surface area contributed by atoms with Crippen LogP contribution in [0.15, 0.2) is 30.3 Å². The topological polar surface area (TPSA) is 3.24 Å². The lowest BCUT2D eigenvalue weighted by molar-refractivity contribution is -0.0649. The molecule has 1 heteroatoms. The summed E-state index contributed by atoms with van der Waals surface area (Å²) in [6.45, 7) is 7.68. The van der Waals surface area contributed by atoms with Gasteiger partial charge in [-0.2, -0.15) is 0 Å². The number of hydrogen-bond acceptors (Lipinski definition) is 1. The second-order valence-corrected chi connectivity index (χ2v) is 10.8. The summed E-state index contributed by atoms with van der Waals surface area (Å²) in [5, 5.41) is 0. The van der Waals surface area contributed by atoms with Crippen LogP contribution >= 0.6 is 0 Å². The third-order valence-electron chi connectivity index (χ3n) is 9.14. The molecule has 26 heavy (non-hydrogen) atoms. The van der Waals surface area contributed by atoms with E-state index in [-0.39, 0.29) is 0 Å². The van der Waals surface area contributed by atoms with E-state index in [1.54, 1.807) is 44.1 Å². The van der Waals surface area contributed by atoms with Crippen molar-refractivity contribution in [1.82, 2.24) is 4.90 Å². The van der Waals surface area contributed by atoms with Crippen LogP contribution in [0.4, 0.5) is 0 Å². The normalized spacial score (nSPS) is 45.2. The van der Waals surface area contributed by atoms with Crippen LogP contribution in [0.2, 0.25) is 0 Å². The lowest BCUT2D eigenvalue weighted by Crippen LogP contribution is -2.53. The molecule has 0 aromatic heterocycles. The third kappa shape index (κ3) is 2.86. The standard InChI is InChI=1S/C25H37N/c1-19-24(2,23-7-4-3-5-8-23)9-6-11-26(19)12-10-25-16-20-13-21(17-25)15-22(14-20)18-25/h3-5,7-8,19-22H,6,9-18H2,1-2H3. The van der Waals surface area contributed by atoms with Crippen molar-refractivity contribution in [1.29, 1.82) is 0 Å². The highest BCUT2D eigenvalue weighted by Gasteiger charge is 2.51. The van der Waals surface area contributed by atoms with Crippen molar-refractivity contribution < 1.29 is 0 Å². The number of nitrogens with zero attached hydrogens (tertiary/aromatic N) is 1. The third-order valence-corrected chi connectivity index (χ3v) is 9.14. The van der Waals surface area contributed by atoms with E-state index in [1.807, 2.05) is 0 Å². The monoisotopic (exact) mass is 351 g/mol. The summed E-state index contributed by atoms with van der Waals surface area (Å²) >= 11 is 0. The van der Waals surface area contributed by atoms with Crippen molar-refractivity contribution in [3.8, 4) is 0 Å². The molecule has 0 N–H and O–H groups in total. The molecule has 142 valence electrons. The van der Waals surface area contributed by atoms with Gasteiger partial charge in [-0.05, 0) is 107 Å². The van der Waals surface area contributed by atoms with Gasteiger partial charge in [0.15, 0.2) is 0 Å². The van der Waals surface area contributed by atoms with Crippen LogP contribution in [-0.4, -0.2) is 24.0 Å². The first kappa shape index (κ1) is 17.3. The van der Waals surface area contributed by atoms with Crippen LogP contribution in [0.5, 0.6) is 0 Å². The summed E-state index contributed by atoms with van der Waals surface area (Å²) in [6, 6.07) is 12.0. The Bertz CT molecular complexity index is 600. The van der Waals surface area contributed by atoms with Crippen molar-refractivity contribution in [2.75, 3.05) is 13.1 Å². The van der Waals surface area contributed by atoms with Gasteiger partial charge in [-0.15, -0.1) is 0 Å². The largest absolute Gasteiger partial charge is 0.300 e. The zero-order valence-electron chi connectivity index (χ0n) is 16.9. The molecular formula is C25H37N. The van der Waals surface area contributed by atoms with E-state index in [2.05, 4.69) is 49.1 Å². The molecule has 1 aliphatic heterocycles. The maximum Gasteiger partial charge on any atom is 0.0161 e. The number of rotatable bonds is 4. The SMILES string of the molecule is CC1N(CCC23CC4CC(CC(C4)C2)C3)CCCC1(C)c1ccccc1. The Morgan fingerprint density at radius 2 is 1.58 bits per heavy atom. The van der Waals surface area contributed by atoms with Gasteiger partial charge in [-0.1, -0.05) is 37.3 Å². The minimum absolute atomic E-state index is 0.320. The lowest BCUT2D eigenvalue weighted by Gasteiger charge is -2.58. The van der Waals surface area contributed by atoms with E-state index < -0.39 is 0 Å². The van der Waals surface area contributed by atoms with Crippen LogP contribution < -0.4 is 0 Å². The molecule has 5 fully saturated rings. The molecule has 5 aliphatic rings. The smallest absolute Gasteiger partial charge is 0.0161 e. The van der Waals surface area contributed by atoms with Crippen molar-refractivity contribution in [3.05, 3.63) is 35.9 Å². The maximum absolute atomic E-state index is 2.86. The number of hydrogen-bond donors (Lipinski definition) is 0. The zero-order chi connectivity index (χ0) is 17.8. The predicted octanol–water partition coefficient (Wildman–Crippen LogP) is 6.04. The van der Waals surface area contributed by atoms with Crippen molar-refractivity contribution in [2.45, 2.75) is 83.1 Å². The van der Waals surface area contributed by atoms with E-state index in [0.717, 1.165) is 23.2 Å². The van der Waals surface area contributed by atoms with Crippen molar-refractivity contribution in [3.63, 3.8) is 0 Å². The molecule has 2 atom stereocenters. The summed E-state index contributed by atoms with van der Waals surface area (Å²) in [7, 11) is 0. The highest BCUT2D eigenvalue weighted by Crippen LogP contribution is 2.61. The van der Waals surface area contributed by atoms with E-state index in [1.165, 1.54) is 32.4 Å². The van der Waals surface area contributed by atoms with Crippen LogP contribution in [0.3, 0.4) is 0 Å². The Balaban J connectivity index is 1.29. The van der Waals surface area contributed by atoms with Crippen LogP contribution in [0, 0.1) is 23.2 Å². The Kier molecular flexibility index (Phi) is 4.23. The quantitative estimate of drug-likeness (QED) is 0.639. The first-order valence-corrected chi connectivity index (χ1v) is 11.4. The molecule has 4 aliphatic carbocycles. The van der Waals surface area contributed by atoms with Gasteiger partial charge < -0.3 is 0 Å². The predicted molar refractivity (Wildman–Crippen MR) is 109 cm³/mol. The summed E-state index contributed by atoms with van der Waals surface area (Å²) in [6.07, 6.45) is 13.6. The fourth-order valence-electron chi connectivity index (χ4n) is 7.94. The van der Waals surface area contributed by atoms with Crippen LogP contribution in [0.1, 0.15) is 77.2 Å². The van der Waals surface area contributed by atoms with Gasteiger partial charge in [0.25, 0.3) is 0 Å². The first-order chi connectivity index (χ1) is 12.6. The molecule has 1 aromatic rings. The minimum Gasteiger partial charge on any atom is -0.300 e. The van der Waals surface area contributed by atoms with Gasteiger partial charge in [-0.3, -0.25) is 4.90 Å². The summed E-state index contributed by atoms with van der Waals surface area (Å²) < 4.78 is 0. The molecule has 2 unspecified atom stereocenters. The molecule has 0 radical (unpaired) electrons.